The Morgan fingerprint density at radius 1 is 1.27 bits per heavy atom. The monoisotopic (exact) mass is 555 g/mol. The van der Waals surface area contributed by atoms with Crippen molar-refractivity contribution in [2.75, 3.05) is 16.0 Å². The Morgan fingerprint density at radius 3 is 2.59 bits per heavy atom. The van der Waals surface area contributed by atoms with Gasteiger partial charge in [-0.3, -0.25) is 4.79 Å². The molecule has 37 heavy (non-hydrogen) atoms. The molecule has 2 heterocycles. The number of hydrogen-bond acceptors (Lipinski definition) is 8. The fraction of sp³-hybridized carbons (Fsp3) is 0.348. The summed E-state index contributed by atoms with van der Waals surface area (Å²) in [5.41, 5.74) is 6.14. The average molecular weight is 556 g/mol. The maximum absolute atomic E-state index is 15.2. The molecular weight excluding hydrogens is 535 g/mol. The van der Waals surface area contributed by atoms with E-state index in [9.17, 15) is 22.0 Å². The van der Waals surface area contributed by atoms with E-state index < -0.39 is 56.1 Å². The number of nitrogens with one attached hydrogen (secondary N) is 1. The summed E-state index contributed by atoms with van der Waals surface area (Å²) in [7, 11) is -4.14. The lowest BCUT2D eigenvalue weighted by Gasteiger charge is -2.24. The maximum Gasteiger partial charge on any atom is 0.315 e. The second kappa shape index (κ2) is 8.99. The molecule has 0 saturated heterocycles. The van der Waals surface area contributed by atoms with Crippen molar-refractivity contribution in [3.8, 4) is 11.5 Å². The Morgan fingerprint density at radius 2 is 1.95 bits per heavy atom. The van der Waals surface area contributed by atoms with Gasteiger partial charge in [-0.1, -0.05) is 28.8 Å². The highest BCUT2D eigenvalue weighted by atomic mass is 35.5. The molecule has 0 radical (unpaired) electrons. The third kappa shape index (κ3) is 4.90. The second-order valence-corrected chi connectivity index (χ2v) is 11.6. The van der Waals surface area contributed by atoms with Gasteiger partial charge in [0.25, 0.3) is 11.8 Å². The summed E-state index contributed by atoms with van der Waals surface area (Å²) in [4.78, 5) is 13.9. The van der Waals surface area contributed by atoms with E-state index in [4.69, 9.17) is 21.8 Å². The van der Waals surface area contributed by atoms with Crippen molar-refractivity contribution >= 4 is 39.0 Å². The number of aromatic nitrogens is 2. The van der Waals surface area contributed by atoms with E-state index in [1.807, 2.05) is 0 Å². The maximum atomic E-state index is 15.2. The molecule has 5 rings (SSSR count). The zero-order valence-electron chi connectivity index (χ0n) is 19.3. The normalized spacial score (nSPS) is 22.8. The highest BCUT2D eigenvalue weighted by molar-refractivity contribution is 7.91. The van der Waals surface area contributed by atoms with E-state index in [0.717, 1.165) is 17.0 Å². The predicted molar refractivity (Wildman–Crippen MR) is 129 cm³/mol. The van der Waals surface area contributed by atoms with Gasteiger partial charge < -0.3 is 20.4 Å². The molecule has 3 N–H and O–H groups in total. The van der Waals surface area contributed by atoms with Crippen LogP contribution < -0.4 is 16.0 Å². The summed E-state index contributed by atoms with van der Waals surface area (Å²) in [6.45, 7) is 1.47. The van der Waals surface area contributed by atoms with E-state index >= 15 is 4.39 Å². The van der Waals surface area contributed by atoms with Gasteiger partial charge in [-0.05, 0) is 36.8 Å². The van der Waals surface area contributed by atoms with Gasteiger partial charge >= 0.3 is 6.01 Å². The van der Waals surface area contributed by atoms with Crippen molar-refractivity contribution < 1.29 is 30.8 Å². The highest BCUT2D eigenvalue weighted by Gasteiger charge is 2.59. The first-order valence-electron chi connectivity index (χ1n) is 11.2. The number of fused-ring (bicyclic) bond motifs is 1. The summed E-state index contributed by atoms with van der Waals surface area (Å²) < 4.78 is 73.3. The highest BCUT2D eigenvalue weighted by Crippen LogP contribution is 2.51. The van der Waals surface area contributed by atoms with E-state index in [1.165, 1.54) is 6.92 Å². The molecule has 1 fully saturated rings. The number of hydrogen-bond donors (Lipinski definition) is 2. The number of amides is 1. The van der Waals surface area contributed by atoms with Crippen LogP contribution in [0.15, 0.2) is 45.7 Å². The molecule has 2 aromatic carbocycles. The topological polar surface area (TPSA) is 131 Å². The number of benzene rings is 2. The molecule has 2 aliphatic rings. The van der Waals surface area contributed by atoms with Crippen molar-refractivity contribution in [3.63, 3.8) is 0 Å². The minimum atomic E-state index is -4.14. The van der Waals surface area contributed by atoms with Crippen LogP contribution in [0.4, 0.5) is 24.9 Å². The number of carbonyl (C=O) groups excluding carboxylic acids is 1. The Labute approximate surface area is 214 Å². The summed E-state index contributed by atoms with van der Waals surface area (Å²) in [5, 5.41) is 10.7. The minimum absolute atomic E-state index is 0.0684. The van der Waals surface area contributed by atoms with Gasteiger partial charge in [0.1, 0.15) is 5.82 Å². The molecule has 196 valence electrons. The molecule has 1 aliphatic carbocycles. The lowest BCUT2D eigenvalue weighted by atomic mass is 10.1. The third-order valence-corrected chi connectivity index (χ3v) is 8.44. The number of alkyl halides is 2. The number of carbonyl (C=O) groups is 1. The number of nitrogens with two attached hydrogens (primary N) is 1. The third-order valence-electron chi connectivity index (χ3n) is 6.40. The zero-order valence-corrected chi connectivity index (χ0v) is 20.9. The quantitative estimate of drug-likeness (QED) is 0.471. The van der Waals surface area contributed by atoms with E-state index in [2.05, 4.69) is 15.5 Å². The van der Waals surface area contributed by atoms with Gasteiger partial charge in [0, 0.05) is 23.4 Å². The molecule has 1 aromatic heterocycles. The number of sulfone groups is 1. The first kappa shape index (κ1) is 25.5. The van der Waals surface area contributed by atoms with Gasteiger partial charge in [0.2, 0.25) is 5.91 Å². The molecule has 0 spiro atoms. The summed E-state index contributed by atoms with van der Waals surface area (Å²) in [6.07, 6.45) is -0.268. The van der Waals surface area contributed by atoms with Crippen LogP contribution in [0, 0.1) is 11.7 Å². The van der Waals surface area contributed by atoms with Crippen LogP contribution in [0.1, 0.15) is 18.9 Å². The molecular formula is C23H21ClF3N5O4S. The van der Waals surface area contributed by atoms with Crippen LogP contribution in [0.2, 0.25) is 5.02 Å². The minimum Gasteiger partial charge on any atom is -0.403 e. The van der Waals surface area contributed by atoms with Gasteiger partial charge in [0.05, 0.1) is 34.5 Å². The van der Waals surface area contributed by atoms with Gasteiger partial charge in [0.15, 0.2) is 9.84 Å². The van der Waals surface area contributed by atoms with Crippen molar-refractivity contribution in [1.29, 1.82) is 0 Å². The van der Waals surface area contributed by atoms with Crippen molar-refractivity contribution in [1.82, 2.24) is 10.2 Å². The zero-order chi connectivity index (χ0) is 26.7. The van der Waals surface area contributed by atoms with Crippen molar-refractivity contribution in [2.24, 2.45) is 11.7 Å². The lowest BCUT2D eigenvalue weighted by Crippen LogP contribution is -2.45. The fourth-order valence-corrected chi connectivity index (χ4v) is 5.97. The predicted octanol–water partition coefficient (Wildman–Crippen LogP) is 3.63. The average Bonchev–Trinajstić information content (AvgIpc) is 3.26. The number of anilines is 2. The number of rotatable bonds is 6. The number of halogens is 4. The molecule has 9 nitrogen and oxygen atoms in total. The second-order valence-electron chi connectivity index (χ2n) is 9.16. The van der Waals surface area contributed by atoms with E-state index in [0.29, 0.717) is 10.6 Å². The SMILES string of the molecule is CC(Nc1nnc(-c2cc3c(cc2F)S(=O)(=O)C[C@H](N)C(=O)N3Cc2ccc(Cl)cc2)o1)C1CC1(F)F. The summed E-state index contributed by atoms with van der Waals surface area (Å²) in [6, 6.07) is 6.18. The summed E-state index contributed by atoms with van der Waals surface area (Å²) in [5.74, 6) is -6.37. The fourth-order valence-electron chi connectivity index (χ4n) is 4.28. The van der Waals surface area contributed by atoms with Gasteiger partial charge in [-0.2, -0.15) is 0 Å². The molecule has 1 aliphatic heterocycles. The molecule has 1 saturated carbocycles. The Balaban J connectivity index is 1.54. The lowest BCUT2D eigenvalue weighted by molar-refractivity contribution is -0.119. The van der Waals surface area contributed by atoms with Crippen LogP contribution in [0.5, 0.6) is 0 Å². The first-order valence-corrected chi connectivity index (χ1v) is 13.2. The van der Waals surface area contributed by atoms with Crippen molar-refractivity contribution in [2.45, 2.75) is 42.8 Å². The Hall–Kier alpha value is -3.16. The smallest absolute Gasteiger partial charge is 0.315 e. The van der Waals surface area contributed by atoms with Crippen LogP contribution >= 0.6 is 11.6 Å². The summed E-state index contributed by atoms with van der Waals surface area (Å²) >= 11 is 5.94. The van der Waals surface area contributed by atoms with Crippen LogP contribution in [-0.2, 0) is 21.2 Å². The molecule has 3 aromatic rings. The van der Waals surface area contributed by atoms with E-state index in [1.54, 1.807) is 24.3 Å². The Bertz CT molecular complexity index is 1480. The largest absolute Gasteiger partial charge is 0.403 e. The van der Waals surface area contributed by atoms with Crippen LogP contribution in [0.3, 0.4) is 0 Å². The Kier molecular flexibility index (Phi) is 6.20. The van der Waals surface area contributed by atoms with Crippen molar-refractivity contribution in [3.05, 3.63) is 52.8 Å². The standard InChI is InChI=1S/C23H21ClF3N5O4S/c1-11(15-8-23(15,26)27)29-22-31-30-20(36-22)14-6-18-19(7-16(14)25)37(34,35)10-17(28)21(33)32(18)9-12-2-4-13(24)5-3-12/h2-7,11,15,17H,8-10,28H2,1H3,(H,29,31)/t11?,15?,17-/m0/s1. The van der Waals surface area contributed by atoms with Crippen LogP contribution in [0.25, 0.3) is 11.5 Å². The molecule has 3 atom stereocenters. The molecule has 14 heteroatoms. The van der Waals surface area contributed by atoms with Gasteiger partial charge in [-0.25, -0.2) is 21.6 Å². The van der Waals surface area contributed by atoms with Gasteiger partial charge in [-0.15, -0.1) is 5.10 Å². The van der Waals surface area contributed by atoms with E-state index in [-0.39, 0.29) is 36.1 Å². The molecule has 1 amide bonds. The molecule has 0 bridgehead atoms. The van der Waals surface area contributed by atoms with Crippen LogP contribution in [-0.4, -0.2) is 48.3 Å². The first-order chi connectivity index (χ1) is 17.4. The molecule has 2 unspecified atom stereocenters. The number of nitrogens with zero attached hydrogens (tertiary/aromatic N) is 3.